The Kier molecular flexibility index (Phi) is 11.0. The molecule has 6 rings (SSSR count). The van der Waals surface area contributed by atoms with Crippen LogP contribution in [0.4, 0.5) is 21.7 Å². The van der Waals surface area contributed by atoms with E-state index in [1.54, 1.807) is 29.5 Å². The van der Waals surface area contributed by atoms with Gasteiger partial charge in [-0.2, -0.15) is 4.98 Å². The number of halogens is 1. The molecule has 3 heterocycles. The molecule has 0 aliphatic carbocycles. The second-order valence-corrected chi connectivity index (χ2v) is 13.7. The van der Waals surface area contributed by atoms with Crippen molar-refractivity contribution >= 4 is 34.6 Å². The van der Waals surface area contributed by atoms with Gasteiger partial charge in [0, 0.05) is 73.3 Å². The van der Waals surface area contributed by atoms with Crippen molar-refractivity contribution in [2.24, 2.45) is 0 Å². The zero-order valence-electron chi connectivity index (χ0n) is 29.0. The number of aryl methyl sites for hydroxylation is 3. The van der Waals surface area contributed by atoms with Crippen molar-refractivity contribution in [3.63, 3.8) is 0 Å². The predicted molar refractivity (Wildman–Crippen MR) is 197 cm³/mol. The Hall–Kier alpha value is -4.91. The molecule has 12 heteroatoms. The number of rotatable bonds is 12. The van der Waals surface area contributed by atoms with Gasteiger partial charge in [-0.15, -0.1) is 11.3 Å². The maximum Gasteiger partial charge on any atom is 0.262 e. The third-order valence-electron chi connectivity index (χ3n) is 8.67. The number of benzene rings is 3. The largest absolute Gasteiger partial charge is 0.489 e. The number of carbonyl (C=O) groups excluding carboxylic acids is 1. The van der Waals surface area contributed by atoms with Crippen molar-refractivity contribution in [3.8, 4) is 28.6 Å². The lowest BCUT2D eigenvalue weighted by Crippen LogP contribution is -2.49. The first kappa shape index (κ1) is 34.9. The summed E-state index contributed by atoms with van der Waals surface area (Å²) in [5.74, 6) is -0.126. The van der Waals surface area contributed by atoms with E-state index < -0.39 is 11.7 Å². The zero-order chi connectivity index (χ0) is 35.2. The molecule has 1 saturated heterocycles. The molecule has 0 atom stereocenters. The van der Waals surface area contributed by atoms with Gasteiger partial charge < -0.3 is 20.1 Å². The summed E-state index contributed by atoms with van der Waals surface area (Å²) in [5, 5.41) is 8.97. The second kappa shape index (κ2) is 15.8. The Morgan fingerprint density at radius 3 is 2.44 bits per heavy atom. The lowest BCUT2D eigenvalue weighted by atomic mass is 10.1. The molecule has 2 N–H and O–H groups in total. The van der Waals surface area contributed by atoms with E-state index in [1.807, 2.05) is 62.5 Å². The smallest absolute Gasteiger partial charge is 0.262 e. The quantitative estimate of drug-likeness (QED) is 0.135. The first-order valence-electron chi connectivity index (χ1n) is 16.7. The molecule has 0 bridgehead atoms. The lowest BCUT2D eigenvalue weighted by Gasteiger charge is -2.36. The van der Waals surface area contributed by atoms with Gasteiger partial charge in [0.25, 0.3) is 5.91 Å². The Bertz CT molecular complexity index is 1940. The molecule has 5 aromatic rings. The Morgan fingerprint density at radius 2 is 1.74 bits per heavy atom. The number of para-hydroxylation sites is 1. The van der Waals surface area contributed by atoms with Crippen LogP contribution < -0.4 is 20.1 Å². The molecule has 3 aromatic carbocycles. The monoisotopic (exact) mass is 695 g/mol. The van der Waals surface area contributed by atoms with E-state index in [0.29, 0.717) is 29.8 Å². The highest BCUT2D eigenvalue weighted by Crippen LogP contribution is 2.31. The van der Waals surface area contributed by atoms with Gasteiger partial charge >= 0.3 is 0 Å². The number of carbonyl (C=O) groups is 1. The van der Waals surface area contributed by atoms with Crippen molar-refractivity contribution in [2.75, 3.05) is 50.0 Å². The molecule has 2 aromatic heterocycles. The number of ether oxygens (including phenoxy) is 2. The van der Waals surface area contributed by atoms with Crippen LogP contribution in [0.2, 0.25) is 0 Å². The Balaban J connectivity index is 1.18. The van der Waals surface area contributed by atoms with Gasteiger partial charge in [-0.25, -0.2) is 14.4 Å². The fourth-order valence-corrected chi connectivity index (χ4v) is 6.41. The van der Waals surface area contributed by atoms with Crippen LogP contribution >= 0.6 is 11.3 Å². The number of aromatic nitrogens is 3. The molecule has 1 aliphatic heterocycles. The number of nitrogens with zero attached hydrogens (tertiary/aromatic N) is 5. The van der Waals surface area contributed by atoms with Gasteiger partial charge in [0.05, 0.1) is 10.7 Å². The summed E-state index contributed by atoms with van der Waals surface area (Å²) in [5.41, 5.74) is 4.79. The summed E-state index contributed by atoms with van der Waals surface area (Å²) in [6.45, 7) is 15.4. The van der Waals surface area contributed by atoms with Crippen molar-refractivity contribution in [1.29, 1.82) is 0 Å². The topological polar surface area (TPSA) is 105 Å². The number of nitrogens with one attached hydrogen (secondary N) is 2. The molecule has 0 spiro atoms. The number of piperazine rings is 1. The highest BCUT2D eigenvalue weighted by atomic mass is 32.1. The SMILES string of the molecule is Cc1nc(-c2cccc(Oc3nc(Nc4ccc(OCCN5CCN(C(C)C)CC5)c(F)c4)ncc3C(=O)Nc3c(C)cccc3C)c2)cs1. The van der Waals surface area contributed by atoms with Crippen LogP contribution in [0.3, 0.4) is 0 Å². The second-order valence-electron chi connectivity index (χ2n) is 12.6. The lowest BCUT2D eigenvalue weighted by molar-refractivity contribution is 0.0965. The summed E-state index contributed by atoms with van der Waals surface area (Å²) < 4.78 is 27.2. The minimum atomic E-state index is -0.505. The fourth-order valence-electron chi connectivity index (χ4n) is 5.79. The van der Waals surface area contributed by atoms with Crippen LogP contribution in [-0.2, 0) is 0 Å². The molecular weight excluding hydrogens is 654 g/mol. The van der Waals surface area contributed by atoms with Gasteiger partial charge in [-0.1, -0.05) is 30.3 Å². The van der Waals surface area contributed by atoms with Crippen LogP contribution in [0, 0.1) is 26.6 Å². The molecular formula is C38H42FN7O3S. The minimum Gasteiger partial charge on any atom is -0.489 e. The number of anilines is 3. The number of thiazole rings is 1. The van der Waals surface area contributed by atoms with Gasteiger partial charge in [0.1, 0.15) is 17.9 Å². The summed E-state index contributed by atoms with van der Waals surface area (Å²) in [6.07, 6.45) is 1.40. The minimum absolute atomic E-state index is 0.0347. The van der Waals surface area contributed by atoms with Crippen LogP contribution in [0.1, 0.15) is 40.3 Å². The molecule has 260 valence electrons. The van der Waals surface area contributed by atoms with E-state index in [-0.39, 0.29) is 23.1 Å². The van der Waals surface area contributed by atoms with Gasteiger partial charge in [-0.05, 0) is 70.0 Å². The predicted octanol–water partition coefficient (Wildman–Crippen LogP) is 7.86. The highest BCUT2D eigenvalue weighted by Gasteiger charge is 2.21. The van der Waals surface area contributed by atoms with E-state index in [9.17, 15) is 4.79 Å². The van der Waals surface area contributed by atoms with Crippen molar-refractivity contribution in [1.82, 2.24) is 24.8 Å². The van der Waals surface area contributed by atoms with Crippen LogP contribution in [0.5, 0.6) is 17.4 Å². The Labute approximate surface area is 296 Å². The third kappa shape index (κ3) is 8.62. The molecule has 0 radical (unpaired) electrons. The molecule has 10 nitrogen and oxygen atoms in total. The van der Waals surface area contributed by atoms with E-state index >= 15 is 4.39 Å². The number of hydrogen-bond acceptors (Lipinski definition) is 10. The summed E-state index contributed by atoms with van der Waals surface area (Å²) in [7, 11) is 0. The number of hydrogen-bond donors (Lipinski definition) is 2. The first-order chi connectivity index (χ1) is 24.1. The Morgan fingerprint density at radius 1 is 0.980 bits per heavy atom. The maximum absolute atomic E-state index is 15.1. The third-order valence-corrected chi connectivity index (χ3v) is 9.45. The van der Waals surface area contributed by atoms with Gasteiger partial charge in [0.15, 0.2) is 11.6 Å². The van der Waals surface area contributed by atoms with Crippen LogP contribution in [0.15, 0.2) is 72.2 Å². The van der Waals surface area contributed by atoms with E-state index in [0.717, 1.165) is 60.1 Å². The molecule has 1 amide bonds. The molecule has 0 saturated carbocycles. The standard InChI is InChI=1S/C38H42FN7O3S/c1-24(2)46-16-14-45(15-17-46)18-19-48-34-13-12-29(21-32(34)39)42-38-40-22-31(36(47)43-35-25(3)8-6-9-26(35)4)37(44-38)49-30-11-7-10-28(20-30)33-23-50-27(5)41-33/h6-13,20-24H,14-19H2,1-5H3,(H,43,47)(H,40,42,44). The van der Waals surface area contributed by atoms with E-state index in [4.69, 9.17) is 9.47 Å². The highest BCUT2D eigenvalue weighted by molar-refractivity contribution is 7.09. The van der Waals surface area contributed by atoms with Crippen LogP contribution in [0.25, 0.3) is 11.3 Å². The van der Waals surface area contributed by atoms with Crippen molar-refractivity contribution in [2.45, 2.75) is 40.7 Å². The summed E-state index contributed by atoms with van der Waals surface area (Å²) in [4.78, 5) is 32.0. The summed E-state index contributed by atoms with van der Waals surface area (Å²) in [6, 6.07) is 18.4. The molecule has 1 aliphatic rings. The molecule has 50 heavy (non-hydrogen) atoms. The fraction of sp³-hybridized carbons (Fsp3) is 0.316. The number of amides is 1. The normalized spacial score (nSPS) is 13.7. The van der Waals surface area contributed by atoms with Gasteiger partial charge in [-0.3, -0.25) is 14.6 Å². The van der Waals surface area contributed by atoms with Crippen molar-refractivity contribution in [3.05, 3.63) is 99.8 Å². The average Bonchev–Trinajstić information content (AvgIpc) is 3.54. The van der Waals surface area contributed by atoms with Crippen molar-refractivity contribution < 1.29 is 18.7 Å². The zero-order valence-corrected chi connectivity index (χ0v) is 29.8. The summed E-state index contributed by atoms with van der Waals surface area (Å²) >= 11 is 1.56. The van der Waals surface area contributed by atoms with E-state index in [1.165, 1.54) is 12.3 Å². The van der Waals surface area contributed by atoms with Crippen LogP contribution in [-0.4, -0.2) is 76.0 Å². The molecule has 0 unspecified atom stereocenters. The maximum atomic E-state index is 15.1. The average molecular weight is 696 g/mol. The van der Waals surface area contributed by atoms with E-state index in [2.05, 4.69) is 49.2 Å². The first-order valence-corrected chi connectivity index (χ1v) is 17.6. The van der Waals surface area contributed by atoms with Gasteiger partial charge in [0.2, 0.25) is 11.8 Å². The molecule has 1 fully saturated rings.